The fraction of sp³-hybridized carbons (Fsp3) is 0.419. The van der Waals surface area contributed by atoms with Gasteiger partial charge in [-0.15, -0.1) is 0 Å². The van der Waals surface area contributed by atoms with Crippen molar-refractivity contribution in [3.05, 3.63) is 46.3 Å². The molecule has 0 spiro atoms. The minimum atomic E-state index is -5.05. The molecule has 10 nitrogen and oxygen atoms in total. The van der Waals surface area contributed by atoms with Crippen LogP contribution >= 0.6 is 0 Å². The normalized spacial score (nSPS) is 12.4. The number of halogens is 3. The number of hydrogen-bond donors (Lipinski definition) is 0. The number of ether oxygens (including phenoxy) is 3. The molecule has 0 N–H and O–H groups in total. The minimum absolute atomic E-state index is 0.0943. The lowest BCUT2D eigenvalue weighted by molar-refractivity contribution is -0.139. The average Bonchev–Trinajstić information content (AvgIpc) is 3.38. The number of alkyl halides is 3. The summed E-state index contributed by atoms with van der Waals surface area (Å²) < 4.78 is 67.9. The van der Waals surface area contributed by atoms with Gasteiger partial charge >= 0.3 is 18.4 Å². The van der Waals surface area contributed by atoms with E-state index in [1.807, 2.05) is 0 Å². The van der Waals surface area contributed by atoms with Crippen LogP contribution in [0, 0.1) is 32.1 Å². The molecule has 0 atom stereocenters. The lowest BCUT2D eigenvalue weighted by Gasteiger charge is -2.30. The van der Waals surface area contributed by atoms with Gasteiger partial charge in [-0.05, 0) is 73.9 Å². The number of pyridine rings is 1. The van der Waals surface area contributed by atoms with Crippen molar-refractivity contribution in [1.29, 1.82) is 5.26 Å². The van der Waals surface area contributed by atoms with Crippen molar-refractivity contribution in [3.63, 3.8) is 0 Å². The minimum Gasteiger partial charge on any atom is -0.496 e. The molecule has 13 heteroatoms. The van der Waals surface area contributed by atoms with Crippen LogP contribution in [0.15, 0.2) is 22.6 Å². The molecule has 44 heavy (non-hydrogen) atoms. The number of fused-ring (bicyclic) bond motifs is 3. The smallest absolute Gasteiger partial charge is 0.434 e. The molecule has 0 aliphatic heterocycles. The second-order valence-corrected chi connectivity index (χ2v) is 12.3. The Morgan fingerprint density at radius 1 is 1.00 bits per heavy atom. The van der Waals surface area contributed by atoms with Crippen molar-refractivity contribution in [1.82, 2.24) is 9.55 Å². The number of nitriles is 1. The molecule has 4 rings (SSSR count). The molecule has 0 aliphatic carbocycles. The van der Waals surface area contributed by atoms with Crippen LogP contribution < -0.4 is 9.64 Å². The fourth-order valence-corrected chi connectivity index (χ4v) is 4.92. The summed E-state index contributed by atoms with van der Waals surface area (Å²) in [5.41, 5.74) is -3.65. The molecular weight excluding hydrogens is 581 g/mol. The molecule has 0 bridgehead atoms. The van der Waals surface area contributed by atoms with E-state index in [9.17, 15) is 28.0 Å². The van der Waals surface area contributed by atoms with E-state index in [-0.39, 0.29) is 28.1 Å². The van der Waals surface area contributed by atoms with Crippen molar-refractivity contribution >= 4 is 40.0 Å². The zero-order chi connectivity index (χ0) is 33.1. The van der Waals surface area contributed by atoms with Gasteiger partial charge in [-0.25, -0.2) is 14.6 Å². The van der Waals surface area contributed by atoms with Crippen molar-refractivity contribution in [2.75, 3.05) is 12.0 Å². The molecule has 1 aromatic carbocycles. The summed E-state index contributed by atoms with van der Waals surface area (Å²) in [6.07, 6.45) is -7.61. The highest BCUT2D eigenvalue weighted by Crippen LogP contribution is 2.47. The summed E-state index contributed by atoms with van der Waals surface area (Å²) in [5, 5.41) is 9.85. The molecule has 3 aromatic heterocycles. The van der Waals surface area contributed by atoms with Crippen LogP contribution in [0.2, 0.25) is 0 Å². The van der Waals surface area contributed by atoms with E-state index < -0.39 is 52.0 Å². The van der Waals surface area contributed by atoms with Gasteiger partial charge in [0.2, 0.25) is 0 Å². The number of hydrogen-bond acceptors (Lipinski definition) is 8. The summed E-state index contributed by atoms with van der Waals surface area (Å²) in [5.74, 6) is 0.0606. The van der Waals surface area contributed by atoms with E-state index in [1.165, 1.54) is 24.7 Å². The number of benzene rings is 1. The van der Waals surface area contributed by atoms with Gasteiger partial charge < -0.3 is 18.6 Å². The van der Waals surface area contributed by atoms with E-state index >= 15 is 0 Å². The van der Waals surface area contributed by atoms with Gasteiger partial charge in [0.05, 0.1) is 18.2 Å². The maximum Gasteiger partial charge on any atom is 0.434 e. The molecule has 2 amide bonds. The van der Waals surface area contributed by atoms with Crippen LogP contribution in [0.1, 0.15) is 69.7 Å². The second kappa shape index (κ2) is 10.8. The number of carbonyl (C=O) groups excluding carboxylic acids is 2. The van der Waals surface area contributed by atoms with Crippen LogP contribution in [0.25, 0.3) is 27.7 Å². The standard InChI is InChI=1S/C31H33F3N4O6/c1-15-11-12-20(41-10)17(3)22(15)37-23-21(25(31(32,33)34)36-19-13-16(2)42-24(19)23)18(14-35)26(37)38(27(39)43-29(4,5)6)28(40)44-30(7,8)9/h11-13H,1-10H3. The fourth-order valence-electron chi connectivity index (χ4n) is 4.92. The van der Waals surface area contributed by atoms with E-state index in [0.717, 1.165) is 0 Å². The number of nitrogens with zero attached hydrogens (tertiary/aromatic N) is 4. The van der Waals surface area contributed by atoms with E-state index in [1.54, 1.807) is 73.6 Å². The highest BCUT2D eigenvalue weighted by molar-refractivity contribution is 6.16. The summed E-state index contributed by atoms with van der Waals surface area (Å²) in [6, 6.07) is 6.46. The zero-order valence-corrected chi connectivity index (χ0v) is 26.1. The van der Waals surface area contributed by atoms with Crippen molar-refractivity contribution in [2.45, 2.75) is 79.7 Å². The first-order valence-corrected chi connectivity index (χ1v) is 13.6. The topological polar surface area (TPSA) is 120 Å². The number of amides is 2. The van der Waals surface area contributed by atoms with E-state index in [2.05, 4.69) is 4.98 Å². The lowest BCUT2D eigenvalue weighted by atomic mass is 10.1. The molecular formula is C31H33F3N4O6. The van der Waals surface area contributed by atoms with E-state index in [4.69, 9.17) is 18.6 Å². The van der Waals surface area contributed by atoms with Gasteiger partial charge in [0, 0.05) is 11.6 Å². The highest BCUT2D eigenvalue weighted by atomic mass is 19.4. The first kappa shape index (κ1) is 32.2. The summed E-state index contributed by atoms with van der Waals surface area (Å²) in [7, 11) is 1.42. The first-order chi connectivity index (χ1) is 20.2. The maximum atomic E-state index is 14.7. The molecule has 0 saturated heterocycles. The Morgan fingerprint density at radius 2 is 1.57 bits per heavy atom. The number of carbonyl (C=O) groups is 2. The van der Waals surface area contributed by atoms with Crippen LogP contribution in [0.3, 0.4) is 0 Å². The number of methoxy groups -OCH3 is 1. The van der Waals surface area contributed by atoms with Crippen molar-refractivity contribution < 1.29 is 41.4 Å². The Balaban J connectivity index is 2.37. The number of anilines is 1. The molecule has 0 saturated carbocycles. The third-order valence-electron chi connectivity index (χ3n) is 6.44. The van der Waals surface area contributed by atoms with Gasteiger partial charge in [-0.3, -0.25) is 4.57 Å². The van der Waals surface area contributed by atoms with Crippen LogP contribution in [-0.2, 0) is 15.7 Å². The largest absolute Gasteiger partial charge is 0.496 e. The molecule has 0 fully saturated rings. The SMILES string of the molecule is COc1ccc(C)c(-n2c(N(C(=O)OC(C)(C)C)C(=O)OC(C)(C)C)c(C#N)c3c(C(F)(F)F)nc4cc(C)oc4c32)c1C. The molecule has 0 aliphatic rings. The van der Waals surface area contributed by atoms with Crippen molar-refractivity contribution in [2.24, 2.45) is 0 Å². The van der Waals surface area contributed by atoms with Gasteiger partial charge in [0.25, 0.3) is 0 Å². The summed E-state index contributed by atoms with van der Waals surface area (Å²) in [6.45, 7) is 14.2. The van der Waals surface area contributed by atoms with Gasteiger partial charge in [-0.2, -0.15) is 23.3 Å². The molecule has 4 aromatic rings. The van der Waals surface area contributed by atoms with Crippen LogP contribution in [0.5, 0.6) is 5.75 Å². The molecule has 234 valence electrons. The third-order valence-corrected chi connectivity index (χ3v) is 6.44. The monoisotopic (exact) mass is 614 g/mol. The molecule has 0 radical (unpaired) electrons. The Kier molecular flexibility index (Phi) is 7.88. The summed E-state index contributed by atoms with van der Waals surface area (Å²) in [4.78, 5) is 32.0. The Hall–Kier alpha value is -4.73. The number of rotatable bonds is 3. The van der Waals surface area contributed by atoms with E-state index in [0.29, 0.717) is 21.8 Å². The van der Waals surface area contributed by atoms with Crippen LogP contribution in [0.4, 0.5) is 28.6 Å². The number of aryl methyl sites for hydroxylation is 2. The highest BCUT2D eigenvalue weighted by Gasteiger charge is 2.44. The Labute approximate surface area is 251 Å². The predicted octanol–water partition coefficient (Wildman–Crippen LogP) is 8.27. The molecule has 3 heterocycles. The van der Waals surface area contributed by atoms with Crippen LogP contribution in [-0.4, -0.2) is 40.0 Å². The Bertz CT molecular complexity index is 1820. The number of aromatic nitrogens is 2. The number of furan rings is 1. The second-order valence-electron chi connectivity index (χ2n) is 12.3. The third kappa shape index (κ3) is 5.76. The quantitative estimate of drug-likeness (QED) is 0.226. The van der Waals surface area contributed by atoms with Gasteiger partial charge in [0.15, 0.2) is 17.1 Å². The van der Waals surface area contributed by atoms with Crippen molar-refractivity contribution in [3.8, 4) is 17.5 Å². The maximum absolute atomic E-state index is 14.7. The average molecular weight is 615 g/mol. The molecule has 0 unspecified atom stereocenters. The first-order valence-electron chi connectivity index (χ1n) is 13.6. The van der Waals surface area contributed by atoms with Gasteiger partial charge in [-0.1, -0.05) is 6.07 Å². The lowest BCUT2D eigenvalue weighted by Crippen LogP contribution is -2.45. The number of imide groups is 1. The Morgan fingerprint density at radius 3 is 2.05 bits per heavy atom. The predicted molar refractivity (Wildman–Crippen MR) is 156 cm³/mol. The zero-order valence-electron chi connectivity index (χ0n) is 26.1. The summed E-state index contributed by atoms with van der Waals surface area (Å²) >= 11 is 0. The van der Waals surface area contributed by atoms with Gasteiger partial charge in [0.1, 0.15) is 45.4 Å².